The number of nitrogens with zero attached hydrogens (tertiary/aromatic N) is 1. The number of hydrogen-bond acceptors (Lipinski definition) is 3. The molecule has 0 aromatic heterocycles. The van der Waals surface area contributed by atoms with Gasteiger partial charge in [-0.15, -0.1) is 0 Å². The van der Waals surface area contributed by atoms with Crippen LogP contribution in [0.5, 0.6) is 0 Å². The molecule has 0 heterocycles. The van der Waals surface area contributed by atoms with Gasteiger partial charge in [0.2, 0.25) is 0 Å². The number of fused-ring (bicyclic) bond motifs is 1. The van der Waals surface area contributed by atoms with Crippen LogP contribution < -0.4 is 4.72 Å². The molecular formula is C26H24N2O3S. The van der Waals surface area contributed by atoms with Crippen molar-refractivity contribution < 1.29 is 13.2 Å². The van der Waals surface area contributed by atoms with Crippen molar-refractivity contribution >= 4 is 32.4 Å². The number of amides is 1. The predicted octanol–water partition coefficient (Wildman–Crippen LogP) is 5.22. The molecule has 0 bridgehead atoms. The average Bonchev–Trinajstić information content (AvgIpc) is 2.80. The first-order valence-corrected chi connectivity index (χ1v) is 11.7. The van der Waals surface area contributed by atoms with E-state index in [0.29, 0.717) is 17.8 Å². The van der Waals surface area contributed by atoms with Crippen molar-refractivity contribution in [1.82, 2.24) is 4.90 Å². The standard InChI is InChI=1S/C26H24N2O3S/c1-19-13-15-23(16-14-19)27-32(30,31)24-11-6-9-21(17-24)26(29)28(2)18-22-10-5-8-20-7-3-4-12-25(20)22/h3-17,27H,18H2,1-2H3. The molecule has 4 aromatic rings. The Morgan fingerprint density at radius 3 is 2.34 bits per heavy atom. The Hall–Kier alpha value is -3.64. The fraction of sp³-hybridized carbons (Fsp3) is 0.115. The SMILES string of the molecule is Cc1ccc(NS(=O)(=O)c2cccc(C(=O)N(C)Cc3cccc4ccccc34)c2)cc1. The number of carbonyl (C=O) groups excluding carboxylic acids is 1. The smallest absolute Gasteiger partial charge is 0.261 e. The van der Waals surface area contributed by atoms with Crippen LogP contribution in [0.15, 0.2) is 95.9 Å². The van der Waals surface area contributed by atoms with E-state index in [1.54, 1.807) is 36.2 Å². The maximum absolute atomic E-state index is 13.1. The molecule has 0 aliphatic rings. The van der Waals surface area contributed by atoms with Crippen LogP contribution in [-0.4, -0.2) is 26.3 Å². The fourth-order valence-corrected chi connectivity index (χ4v) is 4.71. The lowest BCUT2D eigenvalue weighted by Gasteiger charge is -2.19. The van der Waals surface area contributed by atoms with Crippen molar-refractivity contribution in [3.8, 4) is 0 Å². The van der Waals surface area contributed by atoms with Crippen LogP contribution in [-0.2, 0) is 16.6 Å². The van der Waals surface area contributed by atoms with Gasteiger partial charge >= 0.3 is 0 Å². The zero-order chi connectivity index (χ0) is 22.7. The molecule has 1 N–H and O–H groups in total. The highest BCUT2D eigenvalue weighted by atomic mass is 32.2. The van der Waals surface area contributed by atoms with Gasteiger partial charge in [-0.3, -0.25) is 9.52 Å². The molecule has 0 aliphatic heterocycles. The minimum atomic E-state index is -3.82. The number of benzene rings is 4. The van der Waals surface area contributed by atoms with E-state index in [-0.39, 0.29) is 10.8 Å². The van der Waals surface area contributed by atoms with Crippen molar-refractivity contribution in [2.45, 2.75) is 18.4 Å². The van der Waals surface area contributed by atoms with Gasteiger partial charge < -0.3 is 4.90 Å². The van der Waals surface area contributed by atoms with Crippen LogP contribution in [0.2, 0.25) is 0 Å². The van der Waals surface area contributed by atoms with Crippen molar-refractivity contribution in [3.05, 3.63) is 108 Å². The summed E-state index contributed by atoms with van der Waals surface area (Å²) in [4.78, 5) is 14.7. The first-order valence-electron chi connectivity index (χ1n) is 10.3. The summed E-state index contributed by atoms with van der Waals surface area (Å²) in [6.07, 6.45) is 0. The third-order valence-corrected chi connectivity index (χ3v) is 6.71. The highest BCUT2D eigenvalue weighted by Crippen LogP contribution is 2.22. The molecule has 0 aliphatic carbocycles. The quantitative estimate of drug-likeness (QED) is 0.443. The van der Waals surface area contributed by atoms with E-state index in [4.69, 9.17) is 0 Å². The van der Waals surface area contributed by atoms with E-state index in [0.717, 1.165) is 21.9 Å². The first kappa shape index (κ1) is 21.6. The largest absolute Gasteiger partial charge is 0.337 e. The van der Waals surface area contributed by atoms with Gasteiger partial charge in [0.25, 0.3) is 15.9 Å². The van der Waals surface area contributed by atoms with Crippen molar-refractivity contribution in [2.75, 3.05) is 11.8 Å². The lowest BCUT2D eigenvalue weighted by atomic mass is 10.0. The fourth-order valence-electron chi connectivity index (χ4n) is 3.61. The van der Waals surface area contributed by atoms with E-state index in [9.17, 15) is 13.2 Å². The van der Waals surface area contributed by atoms with Gasteiger partial charge in [0.1, 0.15) is 0 Å². The number of sulfonamides is 1. The zero-order valence-electron chi connectivity index (χ0n) is 17.9. The second-order valence-electron chi connectivity index (χ2n) is 7.80. The van der Waals surface area contributed by atoms with E-state index in [2.05, 4.69) is 4.72 Å². The molecule has 0 radical (unpaired) electrons. The molecule has 4 aromatic carbocycles. The Bertz CT molecular complexity index is 1370. The van der Waals surface area contributed by atoms with Crippen LogP contribution in [0.3, 0.4) is 0 Å². The van der Waals surface area contributed by atoms with E-state index < -0.39 is 10.0 Å². The molecule has 6 heteroatoms. The summed E-state index contributed by atoms with van der Waals surface area (Å²) in [6.45, 7) is 2.35. The van der Waals surface area contributed by atoms with Gasteiger partial charge in [-0.2, -0.15) is 0 Å². The zero-order valence-corrected chi connectivity index (χ0v) is 18.8. The molecule has 0 atom stereocenters. The van der Waals surface area contributed by atoms with E-state index in [1.165, 1.54) is 12.1 Å². The van der Waals surface area contributed by atoms with Crippen LogP contribution in [0.1, 0.15) is 21.5 Å². The topological polar surface area (TPSA) is 66.5 Å². The van der Waals surface area contributed by atoms with Crippen molar-refractivity contribution in [3.63, 3.8) is 0 Å². The van der Waals surface area contributed by atoms with E-state index in [1.807, 2.05) is 61.5 Å². The van der Waals surface area contributed by atoms with Gasteiger partial charge in [-0.1, -0.05) is 66.2 Å². The van der Waals surface area contributed by atoms with Crippen molar-refractivity contribution in [1.29, 1.82) is 0 Å². The molecule has 4 rings (SSSR count). The number of hydrogen-bond donors (Lipinski definition) is 1. The van der Waals surface area contributed by atoms with Crippen LogP contribution in [0, 0.1) is 6.92 Å². The molecule has 0 saturated carbocycles. The molecular weight excluding hydrogens is 420 g/mol. The van der Waals surface area contributed by atoms with Gasteiger partial charge in [0.05, 0.1) is 4.90 Å². The second kappa shape index (κ2) is 8.85. The summed E-state index contributed by atoms with van der Waals surface area (Å²) < 4.78 is 28.2. The maximum atomic E-state index is 13.1. The average molecular weight is 445 g/mol. The summed E-state index contributed by atoms with van der Waals surface area (Å²) in [5, 5.41) is 2.20. The van der Waals surface area contributed by atoms with Gasteiger partial charge in [0, 0.05) is 24.8 Å². The number of carbonyl (C=O) groups is 1. The molecule has 0 fully saturated rings. The Kier molecular flexibility index (Phi) is 5.97. The van der Waals surface area contributed by atoms with Gasteiger partial charge in [-0.05, 0) is 53.6 Å². The summed E-state index contributed by atoms with van der Waals surface area (Å²) in [5.74, 6) is -0.245. The number of aryl methyl sites for hydroxylation is 1. The van der Waals surface area contributed by atoms with Crippen LogP contribution >= 0.6 is 0 Å². The van der Waals surface area contributed by atoms with Crippen molar-refractivity contribution in [2.24, 2.45) is 0 Å². The van der Waals surface area contributed by atoms with Crippen LogP contribution in [0.25, 0.3) is 10.8 Å². The minimum Gasteiger partial charge on any atom is -0.337 e. The maximum Gasteiger partial charge on any atom is 0.261 e. The molecule has 32 heavy (non-hydrogen) atoms. The second-order valence-corrected chi connectivity index (χ2v) is 9.48. The van der Waals surface area contributed by atoms with E-state index >= 15 is 0 Å². The summed E-state index contributed by atoms with van der Waals surface area (Å²) in [5.41, 5.74) is 2.86. The summed E-state index contributed by atoms with van der Waals surface area (Å²) in [6, 6.07) is 27.2. The molecule has 0 saturated heterocycles. The Morgan fingerprint density at radius 1 is 0.875 bits per heavy atom. The first-order chi connectivity index (χ1) is 15.3. The lowest BCUT2D eigenvalue weighted by molar-refractivity contribution is 0.0785. The number of rotatable bonds is 6. The predicted molar refractivity (Wildman–Crippen MR) is 128 cm³/mol. The third kappa shape index (κ3) is 4.65. The summed E-state index contributed by atoms with van der Waals surface area (Å²) >= 11 is 0. The van der Waals surface area contributed by atoms with Crippen LogP contribution in [0.4, 0.5) is 5.69 Å². The molecule has 5 nitrogen and oxygen atoms in total. The Morgan fingerprint density at radius 2 is 1.56 bits per heavy atom. The highest BCUT2D eigenvalue weighted by molar-refractivity contribution is 7.92. The highest BCUT2D eigenvalue weighted by Gasteiger charge is 2.19. The normalized spacial score (nSPS) is 11.3. The molecule has 1 amide bonds. The van der Waals surface area contributed by atoms with Gasteiger partial charge in [0.15, 0.2) is 0 Å². The van der Waals surface area contributed by atoms with Gasteiger partial charge in [-0.25, -0.2) is 8.42 Å². The Balaban J connectivity index is 1.55. The number of nitrogens with one attached hydrogen (secondary N) is 1. The molecule has 162 valence electrons. The monoisotopic (exact) mass is 444 g/mol. The summed E-state index contributed by atoms with van der Waals surface area (Å²) in [7, 11) is -2.10. The number of anilines is 1. The third-order valence-electron chi connectivity index (χ3n) is 5.33. The molecule has 0 unspecified atom stereocenters. The minimum absolute atomic E-state index is 0.0440. The Labute approximate surface area is 188 Å². The lowest BCUT2D eigenvalue weighted by Crippen LogP contribution is -2.26. The molecule has 0 spiro atoms.